The monoisotopic (exact) mass is 404 g/mol. The van der Waals surface area contributed by atoms with Gasteiger partial charge in [-0.15, -0.1) is 0 Å². The summed E-state index contributed by atoms with van der Waals surface area (Å²) in [5, 5.41) is 2.64. The molecule has 7 heteroatoms. The average molecular weight is 404 g/mol. The predicted molar refractivity (Wildman–Crippen MR) is 110 cm³/mol. The van der Waals surface area contributed by atoms with Crippen LogP contribution in [0.15, 0.2) is 71.3 Å². The maximum absolute atomic E-state index is 12.9. The highest BCUT2D eigenvalue weighted by atomic mass is 16.5. The molecule has 1 N–H and O–H groups in total. The van der Waals surface area contributed by atoms with Crippen molar-refractivity contribution in [2.24, 2.45) is 0 Å². The molecule has 30 heavy (non-hydrogen) atoms. The fraction of sp³-hybridized carbons (Fsp3) is 0.174. The molecule has 1 aliphatic heterocycles. The fourth-order valence-electron chi connectivity index (χ4n) is 3.42. The van der Waals surface area contributed by atoms with E-state index in [0.717, 1.165) is 17.7 Å². The number of furan rings is 1. The molecule has 1 atom stereocenters. The summed E-state index contributed by atoms with van der Waals surface area (Å²) in [5.41, 5.74) is 2.36. The number of hydrogen-bond acceptors (Lipinski definition) is 5. The topological polar surface area (TPSA) is 88.8 Å². The molecule has 3 aromatic rings. The molecule has 152 valence electrons. The third kappa shape index (κ3) is 3.82. The highest BCUT2D eigenvalue weighted by Crippen LogP contribution is 2.28. The number of rotatable bonds is 5. The summed E-state index contributed by atoms with van der Waals surface area (Å²) >= 11 is 0. The second-order valence-corrected chi connectivity index (χ2v) is 6.89. The third-order valence-electron chi connectivity index (χ3n) is 4.92. The predicted octanol–water partition coefficient (Wildman–Crippen LogP) is 3.67. The van der Waals surface area contributed by atoms with E-state index in [-0.39, 0.29) is 22.9 Å². The summed E-state index contributed by atoms with van der Waals surface area (Å²) in [6, 6.07) is 17.2. The minimum atomic E-state index is -0.975. The van der Waals surface area contributed by atoms with Crippen LogP contribution in [0.1, 0.15) is 33.4 Å². The summed E-state index contributed by atoms with van der Waals surface area (Å²) in [7, 11) is 0. The second-order valence-electron chi connectivity index (χ2n) is 6.89. The molecule has 0 aliphatic carbocycles. The van der Waals surface area contributed by atoms with Crippen LogP contribution in [-0.2, 0) is 16.0 Å². The van der Waals surface area contributed by atoms with Gasteiger partial charge >= 0.3 is 5.97 Å². The van der Waals surface area contributed by atoms with Gasteiger partial charge in [-0.25, -0.2) is 4.79 Å². The van der Waals surface area contributed by atoms with E-state index in [0.29, 0.717) is 6.54 Å². The molecule has 0 bridgehead atoms. The summed E-state index contributed by atoms with van der Waals surface area (Å²) < 4.78 is 10.5. The van der Waals surface area contributed by atoms with Gasteiger partial charge in [-0.3, -0.25) is 9.59 Å². The standard InChI is InChI=1S/C23H20N2O5/c1-15(22(27)25-13-12-16-7-2-5-10-19(16)25)30-23(28)17-8-3-4-9-18(17)24-21(26)20-11-6-14-29-20/h2-11,14-15H,12-13H2,1H3,(H,24,26)/t15-/m1/s1. The molecule has 2 amide bonds. The zero-order chi connectivity index (χ0) is 21.1. The lowest BCUT2D eigenvalue weighted by molar-refractivity contribution is -0.126. The molecule has 7 nitrogen and oxygen atoms in total. The number of para-hydroxylation sites is 2. The number of hydrogen-bond donors (Lipinski definition) is 1. The highest BCUT2D eigenvalue weighted by Gasteiger charge is 2.30. The lowest BCUT2D eigenvalue weighted by Crippen LogP contribution is -2.39. The van der Waals surface area contributed by atoms with E-state index < -0.39 is 18.0 Å². The van der Waals surface area contributed by atoms with Crippen molar-refractivity contribution in [2.75, 3.05) is 16.8 Å². The molecule has 0 saturated heterocycles. The van der Waals surface area contributed by atoms with Crippen molar-refractivity contribution in [3.8, 4) is 0 Å². The summed E-state index contributed by atoms with van der Waals surface area (Å²) in [6.07, 6.45) is 1.18. The normalized spacial score (nSPS) is 13.4. The van der Waals surface area contributed by atoms with Crippen LogP contribution in [0.5, 0.6) is 0 Å². The first-order valence-corrected chi connectivity index (χ1v) is 9.59. The van der Waals surface area contributed by atoms with E-state index in [1.54, 1.807) is 36.1 Å². The number of carbonyl (C=O) groups is 3. The minimum Gasteiger partial charge on any atom is -0.459 e. The van der Waals surface area contributed by atoms with Crippen LogP contribution in [0.25, 0.3) is 0 Å². The SMILES string of the molecule is C[C@@H](OC(=O)c1ccccc1NC(=O)c1ccco1)C(=O)N1CCc2ccccc21. The van der Waals surface area contributed by atoms with Crippen LogP contribution in [0.4, 0.5) is 11.4 Å². The Morgan fingerprint density at radius 3 is 2.60 bits per heavy atom. The van der Waals surface area contributed by atoms with Crippen molar-refractivity contribution < 1.29 is 23.5 Å². The molecular formula is C23H20N2O5. The Balaban J connectivity index is 1.46. The van der Waals surface area contributed by atoms with Crippen molar-refractivity contribution in [1.82, 2.24) is 0 Å². The Morgan fingerprint density at radius 1 is 1.03 bits per heavy atom. The second kappa shape index (κ2) is 8.24. The minimum absolute atomic E-state index is 0.120. The van der Waals surface area contributed by atoms with E-state index in [2.05, 4.69) is 5.32 Å². The van der Waals surface area contributed by atoms with Gasteiger partial charge < -0.3 is 19.4 Å². The zero-order valence-electron chi connectivity index (χ0n) is 16.3. The van der Waals surface area contributed by atoms with Gasteiger partial charge in [-0.05, 0) is 49.2 Å². The van der Waals surface area contributed by atoms with Crippen molar-refractivity contribution in [3.05, 3.63) is 83.8 Å². The average Bonchev–Trinajstić information content (AvgIpc) is 3.43. The maximum atomic E-state index is 12.9. The third-order valence-corrected chi connectivity index (χ3v) is 4.92. The smallest absolute Gasteiger partial charge is 0.341 e. The summed E-state index contributed by atoms with van der Waals surface area (Å²) in [4.78, 5) is 39.5. The molecule has 0 radical (unpaired) electrons. The van der Waals surface area contributed by atoms with Crippen LogP contribution >= 0.6 is 0 Å². The lowest BCUT2D eigenvalue weighted by atomic mass is 10.1. The Hall–Kier alpha value is -3.87. The van der Waals surface area contributed by atoms with Crippen molar-refractivity contribution in [3.63, 3.8) is 0 Å². The van der Waals surface area contributed by atoms with Gasteiger partial charge in [0.2, 0.25) is 0 Å². The Labute approximate surface area is 173 Å². The Kier molecular flexibility index (Phi) is 5.34. The van der Waals surface area contributed by atoms with Crippen LogP contribution < -0.4 is 10.2 Å². The van der Waals surface area contributed by atoms with E-state index in [4.69, 9.17) is 9.15 Å². The maximum Gasteiger partial charge on any atom is 0.341 e. The van der Waals surface area contributed by atoms with Crippen LogP contribution in [0, 0.1) is 0 Å². The molecule has 0 spiro atoms. The molecule has 4 rings (SSSR count). The number of anilines is 2. The van der Waals surface area contributed by atoms with Crippen molar-refractivity contribution >= 4 is 29.2 Å². The largest absolute Gasteiger partial charge is 0.459 e. The van der Waals surface area contributed by atoms with Gasteiger partial charge in [-0.2, -0.15) is 0 Å². The zero-order valence-corrected chi connectivity index (χ0v) is 16.3. The number of fused-ring (bicyclic) bond motifs is 1. The van der Waals surface area contributed by atoms with Crippen molar-refractivity contribution in [2.45, 2.75) is 19.4 Å². The number of carbonyl (C=O) groups excluding carboxylic acids is 3. The molecule has 1 aromatic heterocycles. The van der Waals surface area contributed by atoms with Crippen LogP contribution in [-0.4, -0.2) is 30.4 Å². The van der Waals surface area contributed by atoms with Crippen molar-refractivity contribution in [1.29, 1.82) is 0 Å². The number of esters is 1. The highest BCUT2D eigenvalue weighted by molar-refractivity contribution is 6.07. The van der Waals surface area contributed by atoms with E-state index >= 15 is 0 Å². The van der Waals surface area contributed by atoms with Gasteiger partial charge in [-0.1, -0.05) is 30.3 Å². The summed E-state index contributed by atoms with van der Waals surface area (Å²) in [6.45, 7) is 2.10. The summed E-state index contributed by atoms with van der Waals surface area (Å²) in [5.74, 6) is -1.35. The number of ether oxygens (including phenoxy) is 1. The van der Waals surface area contributed by atoms with E-state index in [1.165, 1.54) is 18.4 Å². The Bertz CT molecular complexity index is 1090. The quantitative estimate of drug-likeness (QED) is 0.656. The molecule has 2 heterocycles. The van der Waals surface area contributed by atoms with Gasteiger partial charge in [0.05, 0.1) is 17.5 Å². The molecular weight excluding hydrogens is 384 g/mol. The lowest BCUT2D eigenvalue weighted by Gasteiger charge is -2.22. The first-order valence-electron chi connectivity index (χ1n) is 9.59. The van der Waals surface area contributed by atoms with E-state index in [9.17, 15) is 14.4 Å². The van der Waals surface area contributed by atoms with E-state index in [1.807, 2.05) is 24.3 Å². The first kappa shape index (κ1) is 19.4. The van der Waals surface area contributed by atoms with Crippen LogP contribution in [0.3, 0.4) is 0 Å². The molecule has 1 aliphatic rings. The molecule has 0 fully saturated rings. The Morgan fingerprint density at radius 2 is 1.80 bits per heavy atom. The fourth-order valence-corrected chi connectivity index (χ4v) is 3.42. The van der Waals surface area contributed by atoms with Gasteiger partial charge in [0, 0.05) is 12.2 Å². The first-order chi connectivity index (χ1) is 14.5. The van der Waals surface area contributed by atoms with Crippen LogP contribution in [0.2, 0.25) is 0 Å². The van der Waals surface area contributed by atoms with Gasteiger partial charge in [0.1, 0.15) is 0 Å². The molecule has 2 aromatic carbocycles. The number of amides is 2. The number of benzene rings is 2. The van der Waals surface area contributed by atoms with Gasteiger partial charge in [0.15, 0.2) is 11.9 Å². The molecule has 0 unspecified atom stereocenters. The van der Waals surface area contributed by atoms with Gasteiger partial charge in [0.25, 0.3) is 11.8 Å². The molecule has 0 saturated carbocycles. The number of nitrogens with zero attached hydrogens (tertiary/aromatic N) is 1. The number of nitrogens with one attached hydrogen (secondary N) is 1.